The number of methoxy groups -OCH3 is 4. The van der Waals surface area contributed by atoms with Gasteiger partial charge in [-0.15, -0.1) is 11.3 Å². The molecule has 0 atom stereocenters. The number of esters is 1. The van der Waals surface area contributed by atoms with Crippen molar-refractivity contribution in [2.75, 3.05) is 40.4 Å². The van der Waals surface area contributed by atoms with Gasteiger partial charge in [0.1, 0.15) is 10.6 Å². The summed E-state index contributed by atoms with van der Waals surface area (Å²) in [5, 5.41) is 4.21. The van der Waals surface area contributed by atoms with E-state index >= 15 is 0 Å². The van der Waals surface area contributed by atoms with Crippen molar-refractivity contribution in [3.8, 4) is 23.0 Å². The molecule has 2 aromatic carbocycles. The Labute approximate surface area is 173 Å². The quantitative estimate of drug-likeness (QED) is 0.525. The maximum Gasteiger partial charge on any atom is 0.350 e. The third-order valence-corrected chi connectivity index (χ3v) is 5.42. The van der Waals surface area contributed by atoms with Crippen LogP contribution in [0.2, 0.25) is 0 Å². The monoisotopic (exact) mass is 417 g/mol. The molecule has 7 nitrogen and oxygen atoms in total. The first-order chi connectivity index (χ1) is 14.1. The van der Waals surface area contributed by atoms with Gasteiger partial charge in [0.2, 0.25) is 5.75 Å². The second-order valence-electron chi connectivity index (χ2n) is 5.93. The fourth-order valence-electron chi connectivity index (χ4n) is 2.97. The van der Waals surface area contributed by atoms with E-state index in [0.717, 1.165) is 10.1 Å². The summed E-state index contributed by atoms with van der Waals surface area (Å²) in [5.74, 6) is 1.84. The van der Waals surface area contributed by atoms with Crippen LogP contribution in [0.3, 0.4) is 0 Å². The summed E-state index contributed by atoms with van der Waals surface area (Å²) >= 11 is 1.34. The minimum atomic E-state index is -0.386. The number of carbonyl (C=O) groups is 1. The minimum Gasteiger partial charge on any atom is -0.497 e. The first-order valence-corrected chi connectivity index (χ1v) is 9.72. The number of ether oxygens (including phenoxy) is 5. The Morgan fingerprint density at radius 1 is 0.966 bits per heavy atom. The van der Waals surface area contributed by atoms with Crippen LogP contribution in [-0.4, -0.2) is 41.0 Å². The average Bonchev–Trinajstić information content (AvgIpc) is 3.10. The maximum atomic E-state index is 12.6. The summed E-state index contributed by atoms with van der Waals surface area (Å²) in [4.78, 5) is 13.0. The molecule has 0 fully saturated rings. The van der Waals surface area contributed by atoms with Crippen LogP contribution in [-0.2, 0) is 4.74 Å². The van der Waals surface area contributed by atoms with Crippen LogP contribution >= 0.6 is 11.3 Å². The van der Waals surface area contributed by atoms with E-state index in [1.807, 2.05) is 18.2 Å². The number of carbonyl (C=O) groups excluding carboxylic acids is 1. The molecule has 0 amide bonds. The summed E-state index contributed by atoms with van der Waals surface area (Å²) in [5.41, 5.74) is 1.33. The molecule has 154 valence electrons. The van der Waals surface area contributed by atoms with Crippen molar-refractivity contribution < 1.29 is 28.5 Å². The van der Waals surface area contributed by atoms with E-state index in [1.54, 1.807) is 47.5 Å². The molecule has 0 spiro atoms. The number of rotatable bonds is 8. The molecule has 0 aliphatic heterocycles. The minimum absolute atomic E-state index is 0.292. The molecule has 1 N–H and O–H groups in total. The third kappa shape index (κ3) is 4.02. The lowest BCUT2D eigenvalue weighted by molar-refractivity contribution is 0.0533. The molecule has 8 heteroatoms. The van der Waals surface area contributed by atoms with E-state index < -0.39 is 0 Å². The van der Waals surface area contributed by atoms with E-state index in [2.05, 4.69) is 5.32 Å². The molecule has 0 unspecified atom stereocenters. The Balaban J connectivity index is 2.13. The van der Waals surface area contributed by atoms with Gasteiger partial charge in [0.05, 0.1) is 40.7 Å². The first kappa shape index (κ1) is 20.6. The van der Waals surface area contributed by atoms with Crippen LogP contribution < -0.4 is 24.3 Å². The number of fused-ring (bicyclic) bond motifs is 1. The Bertz CT molecular complexity index is 1000. The zero-order chi connectivity index (χ0) is 21.0. The number of anilines is 2. The van der Waals surface area contributed by atoms with Crippen molar-refractivity contribution in [1.82, 2.24) is 0 Å². The van der Waals surface area contributed by atoms with Gasteiger partial charge < -0.3 is 29.0 Å². The largest absolute Gasteiger partial charge is 0.497 e. The van der Waals surface area contributed by atoms with Crippen LogP contribution in [0.1, 0.15) is 16.6 Å². The van der Waals surface area contributed by atoms with Gasteiger partial charge in [-0.3, -0.25) is 0 Å². The highest BCUT2D eigenvalue weighted by Gasteiger charge is 2.21. The molecule has 0 bridgehead atoms. The zero-order valence-corrected chi connectivity index (χ0v) is 17.8. The van der Waals surface area contributed by atoms with E-state index in [4.69, 9.17) is 23.7 Å². The van der Waals surface area contributed by atoms with Crippen LogP contribution in [0, 0.1) is 0 Å². The van der Waals surface area contributed by atoms with Gasteiger partial charge in [-0.05, 0) is 25.1 Å². The number of hydrogen-bond donors (Lipinski definition) is 1. The highest BCUT2D eigenvalue weighted by Crippen LogP contribution is 2.44. The van der Waals surface area contributed by atoms with Gasteiger partial charge in [-0.1, -0.05) is 0 Å². The molecule has 0 radical (unpaired) electrons. The number of thiophene rings is 1. The van der Waals surface area contributed by atoms with Gasteiger partial charge >= 0.3 is 5.97 Å². The van der Waals surface area contributed by atoms with E-state index in [0.29, 0.717) is 45.9 Å². The highest BCUT2D eigenvalue weighted by molar-refractivity contribution is 7.21. The SMILES string of the molecule is CCOC(=O)c1sc2cc(OC)ccc2c1Nc1cc(OC)c(OC)c(OC)c1. The molecule has 1 heterocycles. The van der Waals surface area contributed by atoms with Gasteiger partial charge in [0.25, 0.3) is 0 Å². The van der Waals surface area contributed by atoms with Crippen LogP contribution in [0.5, 0.6) is 23.0 Å². The number of nitrogens with one attached hydrogen (secondary N) is 1. The van der Waals surface area contributed by atoms with Gasteiger partial charge in [0, 0.05) is 27.9 Å². The lowest BCUT2D eigenvalue weighted by Crippen LogP contribution is -2.05. The smallest absolute Gasteiger partial charge is 0.350 e. The topological polar surface area (TPSA) is 75.3 Å². The Morgan fingerprint density at radius 3 is 2.21 bits per heavy atom. The Morgan fingerprint density at radius 2 is 1.66 bits per heavy atom. The van der Waals surface area contributed by atoms with Gasteiger partial charge in [-0.25, -0.2) is 4.79 Å². The summed E-state index contributed by atoms with van der Waals surface area (Å²) < 4.78 is 27.7. The molecule has 29 heavy (non-hydrogen) atoms. The van der Waals surface area contributed by atoms with Crippen molar-refractivity contribution in [3.63, 3.8) is 0 Å². The normalized spacial score (nSPS) is 10.5. The van der Waals surface area contributed by atoms with Crippen molar-refractivity contribution in [2.45, 2.75) is 6.92 Å². The van der Waals surface area contributed by atoms with Gasteiger partial charge in [-0.2, -0.15) is 0 Å². The fourth-order valence-corrected chi connectivity index (χ4v) is 4.05. The highest BCUT2D eigenvalue weighted by atomic mass is 32.1. The first-order valence-electron chi connectivity index (χ1n) is 8.90. The number of hydrogen-bond acceptors (Lipinski definition) is 8. The third-order valence-electron chi connectivity index (χ3n) is 4.29. The summed E-state index contributed by atoms with van der Waals surface area (Å²) in [6, 6.07) is 9.22. The zero-order valence-electron chi connectivity index (χ0n) is 17.0. The lowest BCUT2D eigenvalue weighted by atomic mass is 10.2. The van der Waals surface area contributed by atoms with Crippen molar-refractivity contribution in [2.24, 2.45) is 0 Å². The standard InChI is InChI=1S/C21H23NO6S/c1-6-28-21(23)20-18(14-8-7-13(24-2)11-17(14)29-20)22-12-9-15(25-3)19(27-5)16(10-12)26-4/h7-11,22H,6H2,1-5H3. The van der Waals surface area contributed by atoms with Crippen molar-refractivity contribution >= 4 is 38.8 Å². The Hall–Kier alpha value is -3.13. The van der Waals surface area contributed by atoms with Crippen molar-refractivity contribution in [1.29, 1.82) is 0 Å². The molecule has 1 aromatic heterocycles. The molecule has 0 aliphatic rings. The predicted molar refractivity (Wildman–Crippen MR) is 114 cm³/mol. The Kier molecular flexibility index (Phi) is 6.33. The molecule has 3 rings (SSSR count). The van der Waals surface area contributed by atoms with Gasteiger partial charge in [0.15, 0.2) is 11.5 Å². The average molecular weight is 417 g/mol. The van der Waals surface area contributed by atoms with E-state index in [-0.39, 0.29) is 5.97 Å². The molecule has 0 aliphatic carbocycles. The molecule has 0 saturated carbocycles. The van der Waals surface area contributed by atoms with Crippen LogP contribution in [0.15, 0.2) is 30.3 Å². The van der Waals surface area contributed by atoms with E-state index in [1.165, 1.54) is 11.3 Å². The summed E-state index contributed by atoms with van der Waals surface area (Å²) in [6.07, 6.45) is 0. The second kappa shape index (κ2) is 8.91. The van der Waals surface area contributed by atoms with Crippen molar-refractivity contribution in [3.05, 3.63) is 35.2 Å². The second-order valence-corrected chi connectivity index (χ2v) is 6.98. The molecular weight excluding hydrogens is 394 g/mol. The number of benzene rings is 2. The summed E-state index contributed by atoms with van der Waals surface area (Å²) in [7, 11) is 6.26. The van der Waals surface area contributed by atoms with Crippen LogP contribution in [0.25, 0.3) is 10.1 Å². The fraction of sp³-hybridized carbons (Fsp3) is 0.286. The summed E-state index contributed by atoms with van der Waals surface area (Å²) in [6.45, 7) is 2.07. The maximum absolute atomic E-state index is 12.6. The van der Waals surface area contributed by atoms with Crippen LogP contribution in [0.4, 0.5) is 11.4 Å². The van der Waals surface area contributed by atoms with E-state index in [9.17, 15) is 4.79 Å². The lowest BCUT2D eigenvalue weighted by Gasteiger charge is -2.15. The molecular formula is C21H23NO6S. The predicted octanol–water partition coefficient (Wildman–Crippen LogP) is 4.86. The molecule has 3 aromatic rings. The molecule has 0 saturated heterocycles.